The SMILES string of the molecule is CC(C#N)CN(C)CC(=O)Nc1ccc(F)c(N)c1. The lowest BCUT2D eigenvalue weighted by Gasteiger charge is -2.17. The van der Waals surface area contributed by atoms with E-state index in [1.54, 1.807) is 18.9 Å². The number of carbonyl (C=O) groups excluding carboxylic acids is 1. The Morgan fingerprint density at radius 1 is 1.63 bits per heavy atom. The van der Waals surface area contributed by atoms with E-state index in [-0.39, 0.29) is 24.1 Å². The minimum atomic E-state index is -0.516. The summed E-state index contributed by atoms with van der Waals surface area (Å²) in [5.41, 5.74) is 5.85. The summed E-state index contributed by atoms with van der Waals surface area (Å²) in [6.45, 7) is 2.45. The Bertz CT molecular complexity index is 498. The molecule has 102 valence electrons. The zero-order chi connectivity index (χ0) is 14.4. The summed E-state index contributed by atoms with van der Waals surface area (Å²) in [6, 6.07) is 6.11. The van der Waals surface area contributed by atoms with Crippen LogP contribution in [0.5, 0.6) is 0 Å². The molecule has 0 saturated heterocycles. The number of hydrogen-bond donors (Lipinski definition) is 2. The molecular weight excluding hydrogens is 247 g/mol. The number of carbonyl (C=O) groups is 1. The standard InChI is InChI=1S/C13H17FN4O/c1-9(6-15)7-18(2)8-13(19)17-10-3-4-11(14)12(16)5-10/h3-5,9H,7-8,16H2,1-2H3,(H,17,19). The molecule has 1 aromatic rings. The molecule has 0 spiro atoms. The highest BCUT2D eigenvalue weighted by Crippen LogP contribution is 2.16. The molecule has 1 rings (SSSR count). The number of rotatable bonds is 5. The van der Waals surface area contributed by atoms with Crippen LogP contribution in [0, 0.1) is 23.1 Å². The largest absolute Gasteiger partial charge is 0.396 e. The fraction of sp³-hybridized carbons (Fsp3) is 0.385. The topological polar surface area (TPSA) is 82.2 Å². The molecule has 0 saturated carbocycles. The van der Waals surface area contributed by atoms with Crippen LogP contribution >= 0.6 is 0 Å². The number of nitrogens with zero attached hydrogens (tertiary/aromatic N) is 2. The van der Waals surface area contributed by atoms with Gasteiger partial charge >= 0.3 is 0 Å². The average Bonchev–Trinajstić information content (AvgIpc) is 2.33. The second-order valence-corrected chi connectivity index (χ2v) is 4.51. The molecule has 0 radical (unpaired) electrons. The number of anilines is 2. The maximum Gasteiger partial charge on any atom is 0.238 e. The van der Waals surface area contributed by atoms with Gasteiger partial charge in [0.05, 0.1) is 24.2 Å². The molecule has 0 aliphatic carbocycles. The van der Waals surface area contributed by atoms with Gasteiger partial charge < -0.3 is 11.1 Å². The predicted molar refractivity (Wildman–Crippen MR) is 71.7 cm³/mol. The quantitative estimate of drug-likeness (QED) is 0.788. The smallest absolute Gasteiger partial charge is 0.238 e. The van der Waals surface area contributed by atoms with Gasteiger partial charge in [-0.2, -0.15) is 5.26 Å². The van der Waals surface area contributed by atoms with Gasteiger partial charge in [-0.15, -0.1) is 0 Å². The number of nitrogens with two attached hydrogens (primary N) is 1. The number of likely N-dealkylation sites (N-methyl/N-ethyl adjacent to an activating group) is 1. The zero-order valence-electron chi connectivity index (χ0n) is 11.0. The maximum atomic E-state index is 13.0. The molecule has 5 nitrogen and oxygen atoms in total. The Balaban J connectivity index is 2.51. The van der Waals surface area contributed by atoms with Crippen molar-refractivity contribution in [1.29, 1.82) is 5.26 Å². The fourth-order valence-electron chi connectivity index (χ4n) is 1.64. The zero-order valence-corrected chi connectivity index (χ0v) is 11.0. The normalized spacial score (nSPS) is 11.9. The molecule has 19 heavy (non-hydrogen) atoms. The molecule has 6 heteroatoms. The molecule has 1 aromatic carbocycles. The van der Waals surface area contributed by atoms with Gasteiger partial charge in [-0.05, 0) is 32.2 Å². The summed E-state index contributed by atoms with van der Waals surface area (Å²) in [6.07, 6.45) is 0. The molecule has 0 aliphatic heterocycles. The van der Waals surface area contributed by atoms with Gasteiger partial charge in [0.25, 0.3) is 0 Å². The van der Waals surface area contributed by atoms with Crippen LogP contribution in [0.3, 0.4) is 0 Å². The number of benzene rings is 1. The second-order valence-electron chi connectivity index (χ2n) is 4.51. The monoisotopic (exact) mass is 264 g/mol. The lowest BCUT2D eigenvalue weighted by molar-refractivity contribution is -0.117. The van der Waals surface area contributed by atoms with Crippen LogP contribution in [0.4, 0.5) is 15.8 Å². The van der Waals surface area contributed by atoms with Crippen LogP contribution < -0.4 is 11.1 Å². The van der Waals surface area contributed by atoms with Gasteiger partial charge in [-0.25, -0.2) is 4.39 Å². The first-order valence-electron chi connectivity index (χ1n) is 5.85. The summed E-state index contributed by atoms with van der Waals surface area (Å²) in [5, 5.41) is 11.3. The molecule has 1 atom stereocenters. The van der Waals surface area contributed by atoms with E-state index in [0.717, 1.165) is 0 Å². The van der Waals surface area contributed by atoms with Crippen LogP contribution in [-0.4, -0.2) is 30.9 Å². The van der Waals surface area contributed by atoms with Crippen molar-refractivity contribution in [3.8, 4) is 6.07 Å². The molecular formula is C13H17FN4O. The van der Waals surface area contributed by atoms with Crippen molar-refractivity contribution < 1.29 is 9.18 Å². The minimum absolute atomic E-state index is 0.00995. The van der Waals surface area contributed by atoms with Gasteiger partial charge in [0.15, 0.2) is 0 Å². The molecule has 0 aromatic heterocycles. The second kappa shape index (κ2) is 6.71. The summed E-state index contributed by atoms with van der Waals surface area (Å²) in [4.78, 5) is 13.5. The first kappa shape index (κ1) is 14.9. The van der Waals surface area contributed by atoms with Crippen molar-refractivity contribution >= 4 is 17.3 Å². The molecule has 1 unspecified atom stereocenters. The minimum Gasteiger partial charge on any atom is -0.396 e. The number of nitriles is 1. The van der Waals surface area contributed by atoms with Crippen LogP contribution in [0.15, 0.2) is 18.2 Å². The molecule has 0 heterocycles. The highest BCUT2D eigenvalue weighted by Gasteiger charge is 2.10. The van der Waals surface area contributed by atoms with E-state index in [4.69, 9.17) is 11.0 Å². The summed E-state index contributed by atoms with van der Waals surface area (Å²) < 4.78 is 13.0. The van der Waals surface area contributed by atoms with E-state index in [1.165, 1.54) is 18.2 Å². The van der Waals surface area contributed by atoms with Crippen molar-refractivity contribution in [2.24, 2.45) is 5.92 Å². The Hall–Kier alpha value is -2.13. The molecule has 0 aliphatic rings. The third-order valence-corrected chi connectivity index (χ3v) is 2.50. The Morgan fingerprint density at radius 2 is 2.32 bits per heavy atom. The third-order valence-electron chi connectivity index (χ3n) is 2.50. The summed E-state index contributed by atoms with van der Waals surface area (Å²) in [7, 11) is 1.76. The predicted octanol–water partition coefficient (Wildman–Crippen LogP) is 1.44. The van der Waals surface area contributed by atoms with E-state index >= 15 is 0 Å². The van der Waals surface area contributed by atoms with Crippen molar-refractivity contribution in [3.63, 3.8) is 0 Å². The van der Waals surface area contributed by atoms with Crippen molar-refractivity contribution in [3.05, 3.63) is 24.0 Å². The lowest BCUT2D eigenvalue weighted by atomic mass is 10.2. The van der Waals surface area contributed by atoms with Gasteiger partial charge in [-0.1, -0.05) is 0 Å². The highest BCUT2D eigenvalue weighted by molar-refractivity contribution is 5.92. The number of nitrogens with one attached hydrogen (secondary N) is 1. The van der Waals surface area contributed by atoms with E-state index in [9.17, 15) is 9.18 Å². The van der Waals surface area contributed by atoms with E-state index in [2.05, 4.69) is 11.4 Å². The van der Waals surface area contributed by atoms with Gasteiger partial charge in [0, 0.05) is 12.2 Å². The van der Waals surface area contributed by atoms with Gasteiger partial charge in [0.1, 0.15) is 5.82 Å². The first-order chi connectivity index (χ1) is 8.92. The third kappa shape index (κ3) is 4.94. The summed E-state index contributed by atoms with van der Waals surface area (Å²) in [5.74, 6) is -0.893. The van der Waals surface area contributed by atoms with Crippen LogP contribution in [0.25, 0.3) is 0 Å². The van der Waals surface area contributed by atoms with Crippen molar-refractivity contribution in [2.75, 3.05) is 31.2 Å². The van der Waals surface area contributed by atoms with E-state index < -0.39 is 5.82 Å². The van der Waals surface area contributed by atoms with E-state index in [0.29, 0.717) is 12.2 Å². The number of amides is 1. The van der Waals surface area contributed by atoms with E-state index in [1.807, 2.05) is 0 Å². The Labute approximate surface area is 111 Å². The Kier molecular flexibility index (Phi) is 5.27. The maximum absolute atomic E-state index is 13.0. The summed E-state index contributed by atoms with van der Waals surface area (Å²) >= 11 is 0. The highest BCUT2D eigenvalue weighted by atomic mass is 19.1. The molecule has 1 amide bonds. The average molecular weight is 264 g/mol. The number of hydrogen-bond acceptors (Lipinski definition) is 4. The first-order valence-corrected chi connectivity index (χ1v) is 5.85. The van der Waals surface area contributed by atoms with Gasteiger partial charge in [0.2, 0.25) is 5.91 Å². The van der Waals surface area contributed by atoms with Crippen molar-refractivity contribution in [1.82, 2.24) is 4.90 Å². The van der Waals surface area contributed by atoms with Crippen LogP contribution in [0.2, 0.25) is 0 Å². The fourth-order valence-corrected chi connectivity index (χ4v) is 1.64. The number of halogens is 1. The molecule has 0 fully saturated rings. The molecule has 0 bridgehead atoms. The number of nitrogen functional groups attached to an aromatic ring is 1. The van der Waals surface area contributed by atoms with Gasteiger partial charge in [-0.3, -0.25) is 9.69 Å². The lowest BCUT2D eigenvalue weighted by Crippen LogP contribution is -2.32. The van der Waals surface area contributed by atoms with Crippen molar-refractivity contribution in [2.45, 2.75) is 6.92 Å². The Morgan fingerprint density at radius 3 is 2.89 bits per heavy atom. The molecule has 3 N–H and O–H groups in total. The van der Waals surface area contributed by atoms with Crippen LogP contribution in [-0.2, 0) is 4.79 Å². The van der Waals surface area contributed by atoms with Crippen LogP contribution in [0.1, 0.15) is 6.92 Å².